The van der Waals surface area contributed by atoms with Crippen LogP contribution in [0, 0.1) is 27.7 Å². The first kappa shape index (κ1) is 12.7. The number of para-hydroxylation sites is 1. The molecular weight excluding hydrogens is 218 g/mol. The Labute approximate surface area is 110 Å². The van der Waals surface area contributed by atoms with Gasteiger partial charge < -0.3 is 5.32 Å². The molecule has 0 aliphatic heterocycles. The van der Waals surface area contributed by atoms with Crippen LogP contribution in [0.15, 0.2) is 36.4 Å². The van der Waals surface area contributed by atoms with Gasteiger partial charge in [-0.15, -0.1) is 0 Å². The molecule has 0 aromatic heterocycles. The van der Waals surface area contributed by atoms with Crippen LogP contribution in [0.1, 0.15) is 27.8 Å². The first-order valence-electron chi connectivity index (χ1n) is 6.45. The summed E-state index contributed by atoms with van der Waals surface area (Å²) in [5, 5.41) is 3.50. The average molecular weight is 239 g/mol. The molecule has 1 heteroatoms. The Balaban J connectivity index is 2.24. The van der Waals surface area contributed by atoms with Gasteiger partial charge in [0.05, 0.1) is 0 Å². The van der Waals surface area contributed by atoms with Crippen molar-refractivity contribution in [1.29, 1.82) is 0 Å². The van der Waals surface area contributed by atoms with E-state index in [1.807, 2.05) is 6.07 Å². The zero-order chi connectivity index (χ0) is 13.1. The van der Waals surface area contributed by atoms with Crippen LogP contribution in [0.5, 0.6) is 0 Å². The largest absolute Gasteiger partial charge is 0.381 e. The van der Waals surface area contributed by atoms with Crippen molar-refractivity contribution in [2.45, 2.75) is 34.2 Å². The Morgan fingerprint density at radius 3 is 1.94 bits per heavy atom. The van der Waals surface area contributed by atoms with Crippen molar-refractivity contribution in [2.75, 3.05) is 5.32 Å². The molecule has 1 nitrogen and oxygen atoms in total. The third kappa shape index (κ3) is 2.56. The minimum absolute atomic E-state index is 0.893. The summed E-state index contributed by atoms with van der Waals surface area (Å²) >= 11 is 0. The van der Waals surface area contributed by atoms with Crippen LogP contribution in [-0.2, 0) is 6.54 Å². The van der Waals surface area contributed by atoms with Crippen LogP contribution in [0.25, 0.3) is 0 Å². The summed E-state index contributed by atoms with van der Waals surface area (Å²) < 4.78 is 0. The Kier molecular flexibility index (Phi) is 3.71. The molecule has 0 saturated carbocycles. The van der Waals surface area contributed by atoms with E-state index in [1.165, 1.54) is 33.5 Å². The summed E-state index contributed by atoms with van der Waals surface area (Å²) in [7, 11) is 0. The normalized spacial score (nSPS) is 10.4. The average Bonchev–Trinajstić information content (AvgIpc) is 2.38. The predicted octanol–water partition coefficient (Wildman–Crippen LogP) is 4.53. The lowest BCUT2D eigenvalue weighted by molar-refractivity contribution is 1.06. The third-order valence-electron chi connectivity index (χ3n) is 3.76. The highest BCUT2D eigenvalue weighted by Gasteiger charge is 2.07. The number of benzene rings is 2. The zero-order valence-electron chi connectivity index (χ0n) is 11.7. The highest BCUT2D eigenvalue weighted by Crippen LogP contribution is 2.22. The molecule has 0 aliphatic carbocycles. The van der Waals surface area contributed by atoms with Gasteiger partial charge in [-0.3, -0.25) is 0 Å². The van der Waals surface area contributed by atoms with Crippen molar-refractivity contribution < 1.29 is 0 Å². The fourth-order valence-electron chi connectivity index (χ4n) is 2.31. The van der Waals surface area contributed by atoms with E-state index in [4.69, 9.17) is 0 Å². The summed E-state index contributed by atoms with van der Waals surface area (Å²) in [6, 6.07) is 12.6. The van der Waals surface area contributed by atoms with E-state index in [-0.39, 0.29) is 0 Å². The van der Waals surface area contributed by atoms with Crippen molar-refractivity contribution in [3.05, 3.63) is 64.2 Å². The second kappa shape index (κ2) is 5.26. The van der Waals surface area contributed by atoms with Crippen molar-refractivity contribution in [2.24, 2.45) is 0 Å². The molecule has 1 N–H and O–H groups in total. The summed E-state index contributed by atoms with van der Waals surface area (Å²) in [5.74, 6) is 0. The number of anilines is 1. The molecule has 18 heavy (non-hydrogen) atoms. The first-order valence-corrected chi connectivity index (χ1v) is 6.45. The van der Waals surface area contributed by atoms with Gasteiger partial charge in [-0.2, -0.15) is 0 Å². The number of aryl methyl sites for hydroxylation is 2. The minimum atomic E-state index is 0.893. The van der Waals surface area contributed by atoms with Crippen LogP contribution in [0.3, 0.4) is 0 Å². The Morgan fingerprint density at radius 2 is 1.39 bits per heavy atom. The van der Waals surface area contributed by atoms with Gasteiger partial charge in [0.15, 0.2) is 0 Å². The van der Waals surface area contributed by atoms with Crippen molar-refractivity contribution in [3.63, 3.8) is 0 Å². The van der Waals surface area contributed by atoms with Gasteiger partial charge in [0, 0.05) is 12.2 Å². The number of nitrogens with one attached hydrogen (secondary N) is 1. The highest BCUT2D eigenvalue weighted by molar-refractivity contribution is 5.48. The summed E-state index contributed by atoms with van der Waals surface area (Å²) in [6.45, 7) is 9.69. The van der Waals surface area contributed by atoms with Crippen molar-refractivity contribution in [1.82, 2.24) is 0 Å². The number of hydrogen-bond donors (Lipinski definition) is 1. The van der Waals surface area contributed by atoms with Gasteiger partial charge in [-0.1, -0.05) is 24.3 Å². The van der Waals surface area contributed by atoms with Gasteiger partial charge in [0.25, 0.3) is 0 Å². The molecule has 0 unspecified atom stereocenters. The maximum Gasteiger partial charge on any atom is 0.0406 e. The molecule has 94 valence electrons. The minimum Gasteiger partial charge on any atom is -0.381 e. The SMILES string of the molecule is Cc1cc(C)c(C)c(CNc2ccccc2)c1C. The zero-order valence-corrected chi connectivity index (χ0v) is 11.7. The molecule has 0 saturated heterocycles. The van der Waals surface area contributed by atoms with Crippen LogP contribution in [0.2, 0.25) is 0 Å². The Bertz CT molecular complexity index is 515. The van der Waals surface area contributed by atoms with Crippen LogP contribution in [0.4, 0.5) is 5.69 Å². The molecule has 0 fully saturated rings. The molecule has 0 spiro atoms. The molecule has 2 rings (SSSR count). The van der Waals surface area contributed by atoms with Gasteiger partial charge >= 0.3 is 0 Å². The molecule has 0 aliphatic rings. The second-order valence-corrected chi connectivity index (χ2v) is 4.96. The van der Waals surface area contributed by atoms with E-state index in [0.717, 1.165) is 6.54 Å². The van der Waals surface area contributed by atoms with E-state index in [9.17, 15) is 0 Å². The summed E-state index contributed by atoms with van der Waals surface area (Å²) in [6.07, 6.45) is 0. The quantitative estimate of drug-likeness (QED) is 0.829. The van der Waals surface area contributed by atoms with Gasteiger partial charge in [0.2, 0.25) is 0 Å². The van der Waals surface area contributed by atoms with Crippen LogP contribution in [-0.4, -0.2) is 0 Å². The summed E-state index contributed by atoms with van der Waals surface area (Å²) in [4.78, 5) is 0. The van der Waals surface area contributed by atoms with Gasteiger partial charge in [-0.05, 0) is 67.6 Å². The maximum atomic E-state index is 3.50. The van der Waals surface area contributed by atoms with Gasteiger partial charge in [0.1, 0.15) is 0 Å². The molecule has 0 radical (unpaired) electrons. The predicted molar refractivity (Wildman–Crippen MR) is 79.2 cm³/mol. The smallest absolute Gasteiger partial charge is 0.0406 e. The second-order valence-electron chi connectivity index (χ2n) is 4.96. The van der Waals surface area contributed by atoms with E-state index >= 15 is 0 Å². The van der Waals surface area contributed by atoms with Crippen molar-refractivity contribution >= 4 is 5.69 Å². The Morgan fingerprint density at radius 1 is 0.833 bits per heavy atom. The molecule has 2 aromatic rings. The molecule has 0 bridgehead atoms. The van der Waals surface area contributed by atoms with Crippen molar-refractivity contribution in [3.8, 4) is 0 Å². The van der Waals surface area contributed by atoms with Gasteiger partial charge in [-0.25, -0.2) is 0 Å². The Hall–Kier alpha value is -1.76. The highest BCUT2D eigenvalue weighted by atomic mass is 14.9. The lowest BCUT2D eigenvalue weighted by Gasteiger charge is -2.16. The van der Waals surface area contributed by atoms with Crippen LogP contribution < -0.4 is 5.32 Å². The topological polar surface area (TPSA) is 12.0 Å². The molecular formula is C17H21N. The summed E-state index contributed by atoms with van der Waals surface area (Å²) in [5.41, 5.74) is 8.17. The standard InChI is InChI=1S/C17H21N/c1-12-10-13(2)15(4)17(14(12)3)11-18-16-8-6-5-7-9-16/h5-10,18H,11H2,1-4H3. The monoisotopic (exact) mass is 239 g/mol. The molecule has 2 aromatic carbocycles. The van der Waals surface area contributed by atoms with E-state index in [2.05, 4.69) is 63.3 Å². The van der Waals surface area contributed by atoms with E-state index < -0.39 is 0 Å². The fourth-order valence-corrected chi connectivity index (χ4v) is 2.31. The lowest BCUT2D eigenvalue weighted by atomic mass is 9.94. The lowest BCUT2D eigenvalue weighted by Crippen LogP contribution is -2.06. The first-order chi connectivity index (χ1) is 8.59. The van der Waals surface area contributed by atoms with Crippen LogP contribution >= 0.6 is 0 Å². The van der Waals surface area contributed by atoms with E-state index in [0.29, 0.717) is 0 Å². The molecule has 0 atom stereocenters. The maximum absolute atomic E-state index is 3.50. The number of rotatable bonds is 3. The van der Waals surface area contributed by atoms with E-state index in [1.54, 1.807) is 0 Å². The third-order valence-corrected chi connectivity index (χ3v) is 3.76. The number of hydrogen-bond acceptors (Lipinski definition) is 1. The molecule has 0 amide bonds. The fraction of sp³-hybridized carbons (Fsp3) is 0.294. The molecule has 0 heterocycles.